The van der Waals surface area contributed by atoms with Gasteiger partial charge in [0.15, 0.2) is 11.5 Å². The van der Waals surface area contributed by atoms with Crippen LogP contribution in [0.5, 0.6) is 11.5 Å². The summed E-state index contributed by atoms with van der Waals surface area (Å²) in [7, 11) is 0. The Bertz CT molecular complexity index is 591. The Morgan fingerprint density at radius 2 is 1.74 bits per heavy atom. The summed E-state index contributed by atoms with van der Waals surface area (Å²) in [4.78, 5) is 11.9. The van der Waals surface area contributed by atoms with Gasteiger partial charge in [0.25, 0.3) is 5.91 Å². The maximum Gasteiger partial charge on any atom is 0.255 e. The van der Waals surface area contributed by atoms with E-state index in [2.05, 4.69) is 12.2 Å². The number of anilines is 1. The van der Waals surface area contributed by atoms with Gasteiger partial charge in [-0.1, -0.05) is 19.1 Å². The number of benzene rings is 2. The quantitative estimate of drug-likeness (QED) is 0.740. The van der Waals surface area contributed by atoms with E-state index in [1.165, 1.54) is 23.8 Å². The molecule has 0 atom stereocenters. The second-order valence-corrected chi connectivity index (χ2v) is 4.21. The first-order valence-electron chi connectivity index (χ1n) is 6.02. The Kier molecular flexibility index (Phi) is 3.71. The fourth-order valence-electron chi connectivity index (χ4n) is 1.69. The third kappa shape index (κ3) is 3.04. The molecule has 19 heavy (non-hydrogen) atoms. The molecule has 2 aromatic rings. The van der Waals surface area contributed by atoms with Crippen molar-refractivity contribution in [2.24, 2.45) is 0 Å². The Balaban J connectivity index is 2.13. The first-order chi connectivity index (χ1) is 9.10. The Morgan fingerprint density at radius 1 is 1.05 bits per heavy atom. The number of nitrogens with one attached hydrogen (secondary N) is 1. The lowest BCUT2D eigenvalue weighted by molar-refractivity contribution is 0.102. The van der Waals surface area contributed by atoms with Crippen molar-refractivity contribution in [2.45, 2.75) is 13.3 Å². The summed E-state index contributed by atoms with van der Waals surface area (Å²) in [5.74, 6) is -0.891. The van der Waals surface area contributed by atoms with Crippen molar-refractivity contribution in [2.75, 3.05) is 5.32 Å². The van der Waals surface area contributed by atoms with E-state index in [9.17, 15) is 15.0 Å². The standard InChI is InChI=1S/C15H15NO3/c1-2-10-3-6-12(7-4-10)16-15(19)11-5-8-13(17)14(18)9-11/h3-9,17-18H,2H2,1H3,(H,16,19). The van der Waals surface area contributed by atoms with E-state index in [4.69, 9.17) is 0 Å². The first kappa shape index (κ1) is 13.0. The number of hydrogen-bond acceptors (Lipinski definition) is 3. The van der Waals surface area contributed by atoms with Crippen LogP contribution < -0.4 is 5.32 Å². The highest BCUT2D eigenvalue weighted by Gasteiger charge is 2.09. The minimum absolute atomic E-state index is 0.246. The average molecular weight is 257 g/mol. The molecule has 0 saturated carbocycles. The van der Waals surface area contributed by atoms with Crippen molar-refractivity contribution in [3.05, 3.63) is 53.6 Å². The average Bonchev–Trinajstić information content (AvgIpc) is 2.42. The van der Waals surface area contributed by atoms with Gasteiger partial charge in [-0.15, -0.1) is 0 Å². The van der Waals surface area contributed by atoms with Gasteiger partial charge in [0.05, 0.1) is 0 Å². The third-order valence-electron chi connectivity index (χ3n) is 2.86. The number of carbonyl (C=O) groups is 1. The predicted molar refractivity (Wildman–Crippen MR) is 73.5 cm³/mol. The molecule has 0 unspecified atom stereocenters. The van der Waals surface area contributed by atoms with Crippen molar-refractivity contribution in [3.8, 4) is 11.5 Å². The first-order valence-corrected chi connectivity index (χ1v) is 6.02. The number of carbonyl (C=O) groups excluding carboxylic acids is 1. The van der Waals surface area contributed by atoms with E-state index >= 15 is 0 Å². The lowest BCUT2D eigenvalue weighted by Crippen LogP contribution is -2.11. The van der Waals surface area contributed by atoms with Gasteiger partial charge in [-0.2, -0.15) is 0 Å². The number of aryl methyl sites for hydroxylation is 1. The van der Waals surface area contributed by atoms with Gasteiger partial charge in [0, 0.05) is 11.3 Å². The SMILES string of the molecule is CCc1ccc(NC(=O)c2ccc(O)c(O)c2)cc1. The third-order valence-corrected chi connectivity index (χ3v) is 2.86. The molecule has 0 aliphatic rings. The van der Waals surface area contributed by atoms with Gasteiger partial charge in [-0.25, -0.2) is 0 Å². The van der Waals surface area contributed by atoms with Crippen LogP contribution in [0.25, 0.3) is 0 Å². The second kappa shape index (κ2) is 5.44. The van der Waals surface area contributed by atoms with Crippen LogP contribution in [0, 0.1) is 0 Å². The van der Waals surface area contributed by atoms with E-state index < -0.39 is 0 Å². The van der Waals surface area contributed by atoms with Crippen molar-refractivity contribution in [3.63, 3.8) is 0 Å². The number of hydrogen-bond donors (Lipinski definition) is 3. The van der Waals surface area contributed by atoms with E-state index in [1.807, 2.05) is 24.3 Å². The molecule has 0 fully saturated rings. The molecule has 0 aromatic heterocycles. The number of rotatable bonds is 3. The monoisotopic (exact) mass is 257 g/mol. The molecular formula is C15H15NO3. The van der Waals surface area contributed by atoms with Crippen LogP contribution in [0.1, 0.15) is 22.8 Å². The topological polar surface area (TPSA) is 69.6 Å². The zero-order valence-corrected chi connectivity index (χ0v) is 10.6. The van der Waals surface area contributed by atoms with Crippen LogP contribution in [0.2, 0.25) is 0 Å². The lowest BCUT2D eigenvalue weighted by Gasteiger charge is -2.07. The maximum atomic E-state index is 11.9. The summed E-state index contributed by atoms with van der Waals surface area (Å²) in [6.45, 7) is 2.06. The molecule has 0 aliphatic heterocycles. The van der Waals surface area contributed by atoms with Gasteiger partial charge < -0.3 is 15.5 Å². The van der Waals surface area contributed by atoms with Crippen molar-refractivity contribution in [1.29, 1.82) is 0 Å². The molecule has 0 bridgehead atoms. The molecule has 2 rings (SSSR count). The second-order valence-electron chi connectivity index (χ2n) is 4.21. The van der Waals surface area contributed by atoms with Gasteiger partial charge in [0.2, 0.25) is 0 Å². The predicted octanol–water partition coefficient (Wildman–Crippen LogP) is 2.91. The number of amides is 1. The molecule has 4 nitrogen and oxygen atoms in total. The van der Waals surface area contributed by atoms with Crippen molar-refractivity contribution < 1.29 is 15.0 Å². The van der Waals surface area contributed by atoms with E-state index in [1.54, 1.807) is 0 Å². The molecule has 2 aromatic carbocycles. The number of aromatic hydroxyl groups is 2. The van der Waals surface area contributed by atoms with E-state index in [-0.39, 0.29) is 23.0 Å². The van der Waals surface area contributed by atoms with Crippen molar-refractivity contribution >= 4 is 11.6 Å². The number of phenols is 2. The van der Waals surface area contributed by atoms with Crippen LogP contribution >= 0.6 is 0 Å². The summed E-state index contributed by atoms with van der Waals surface area (Å²) in [5.41, 5.74) is 2.17. The highest BCUT2D eigenvalue weighted by atomic mass is 16.3. The van der Waals surface area contributed by atoms with Crippen LogP contribution in [0.3, 0.4) is 0 Å². The smallest absolute Gasteiger partial charge is 0.255 e. The summed E-state index contributed by atoms with van der Waals surface area (Å²) in [6.07, 6.45) is 0.945. The molecule has 0 aliphatic carbocycles. The molecule has 0 saturated heterocycles. The fraction of sp³-hybridized carbons (Fsp3) is 0.133. The molecular weight excluding hydrogens is 242 g/mol. The molecule has 3 N–H and O–H groups in total. The van der Waals surface area contributed by atoms with E-state index in [0.29, 0.717) is 5.69 Å². The summed E-state index contributed by atoms with van der Waals surface area (Å²) in [6, 6.07) is 11.5. The summed E-state index contributed by atoms with van der Waals surface area (Å²) >= 11 is 0. The molecule has 98 valence electrons. The Hall–Kier alpha value is -2.49. The summed E-state index contributed by atoms with van der Waals surface area (Å²) in [5, 5.41) is 21.3. The van der Waals surface area contributed by atoms with Gasteiger partial charge in [-0.05, 0) is 42.3 Å². The Morgan fingerprint density at radius 3 is 2.32 bits per heavy atom. The summed E-state index contributed by atoms with van der Waals surface area (Å²) < 4.78 is 0. The maximum absolute atomic E-state index is 11.9. The fourth-order valence-corrected chi connectivity index (χ4v) is 1.69. The molecule has 0 heterocycles. The largest absolute Gasteiger partial charge is 0.504 e. The lowest BCUT2D eigenvalue weighted by atomic mass is 10.1. The van der Waals surface area contributed by atoms with E-state index in [0.717, 1.165) is 6.42 Å². The van der Waals surface area contributed by atoms with Gasteiger partial charge in [-0.3, -0.25) is 4.79 Å². The van der Waals surface area contributed by atoms with Crippen LogP contribution in [-0.4, -0.2) is 16.1 Å². The zero-order valence-electron chi connectivity index (χ0n) is 10.6. The highest BCUT2D eigenvalue weighted by Crippen LogP contribution is 2.25. The van der Waals surface area contributed by atoms with Crippen LogP contribution in [-0.2, 0) is 6.42 Å². The van der Waals surface area contributed by atoms with Crippen LogP contribution in [0.15, 0.2) is 42.5 Å². The van der Waals surface area contributed by atoms with Crippen LogP contribution in [0.4, 0.5) is 5.69 Å². The molecule has 1 amide bonds. The van der Waals surface area contributed by atoms with Crippen molar-refractivity contribution in [1.82, 2.24) is 0 Å². The minimum atomic E-state index is -0.334. The molecule has 0 spiro atoms. The van der Waals surface area contributed by atoms with Gasteiger partial charge in [0.1, 0.15) is 0 Å². The highest BCUT2D eigenvalue weighted by molar-refractivity contribution is 6.04. The minimum Gasteiger partial charge on any atom is -0.504 e. The number of phenolic OH excluding ortho intramolecular Hbond substituents is 2. The Labute approximate surface area is 111 Å². The van der Waals surface area contributed by atoms with Gasteiger partial charge >= 0.3 is 0 Å². The zero-order chi connectivity index (χ0) is 13.8. The molecule has 4 heteroatoms. The molecule has 0 radical (unpaired) electrons. The normalized spacial score (nSPS) is 10.2.